The van der Waals surface area contributed by atoms with Gasteiger partial charge in [-0.15, -0.1) is 11.3 Å². The van der Waals surface area contributed by atoms with Crippen LogP contribution in [0.2, 0.25) is 0 Å². The Hall–Kier alpha value is -4.04. The van der Waals surface area contributed by atoms with Crippen LogP contribution in [0.4, 0.5) is 5.69 Å². The summed E-state index contributed by atoms with van der Waals surface area (Å²) in [5.74, 6) is -0.131. The first-order valence-electron chi connectivity index (χ1n) is 10.8. The van der Waals surface area contributed by atoms with Gasteiger partial charge in [-0.2, -0.15) is 0 Å². The Kier molecular flexibility index (Phi) is 7.29. The number of amides is 1. The average molecular weight is 474 g/mol. The number of nitrogens with one attached hydrogen (secondary N) is 1. The fourth-order valence-electron chi connectivity index (χ4n) is 3.52. The summed E-state index contributed by atoms with van der Waals surface area (Å²) in [6.45, 7) is 2.21. The molecule has 8 heteroatoms. The molecule has 1 N–H and O–H groups in total. The second-order valence-electron chi connectivity index (χ2n) is 7.68. The number of carbonyl (C=O) groups excluding carboxylic acids is 1. The normalized spacial score (nSPS) is 11.6. The number of carbonyl (C=O) groups is 1. The summed E-state index contributed by atoms with van der Waals surface area (Å²) in [6.07, 6.45) is 2.40. The number of nitro benzene ring substituents is 1. The summed E-state index contributed by atoms with van der Waals surface area (Å²) in [4.78, 5) is 28.3. The number of ether oxygens (including phenoxy) is 1. The quantitative estimate of drug-likeness (QED) is 0.244. The summed E-state index contributed by atoms with van der Waals surface area (Å²) in [5, 5.41) is 17.1. The maximum Gasteiger partial charge on any atom is 0.270 e. The van der Waals surface area contributed by atoms with E-state index in [-0.39, 0.29) is 17.3 Å². The van der Waals surface area contributed by atoms with Crippen LogP contribution < -0.4 is 10.1 Å². The van der Waals surface area contributed by atoms with E-state index < -0.39 is 10.8 Å². The minimum absolute atomic E-state index is 0.130. The molecule has 0 spiro atoms. The van der Waals surface area contributed by atoms with Crippen LogP contribution >= 0.6 is 11.3 Å². The molecule has 0 fully saturated rings. The van der Waals surface area contributed by atoms with Crippen LogP contribution in [0.5, 0.6) is 5.75 Å². The smallest absolute Gasteiger partial charge is 0.270 e. The van der Waals surface area contributed by atoms with Gasteiger partial charge in [0.05, 0.1) is 23.1 Å². The van der Waals surface area contributed by atoms with Crippen LogP contribution in [-0.2, 0) is 6.42 Å². The van der Waals surface area contributed by atoms with Crippen LogP contribution in [0.25, 0.3) is 10.6 Å². The highest BCUT2D eigenvalue weighted by atomic mass is 32.1. The number of aromatic nitrogens is 1. The largest absolute Gasteiger partial charge is 0.492 e. The third kappa shape index (κ3) is 5.65. The monoisotopic (exact) mass is 473 g/mol. The van der Waals surface area contributed by atoms with E-state index in [1.807, 2.05) is 66.9 Å². The zero-order valence-electron chi connectivity index (χ0n) is 18.5. The lowest BCUT2D eigenvalue weighted by molar-refractivity contribution is -0.384. The Morgan fingerprint density at radius 3 is 2.68 bits per heavy atom. The molecule has 0 bridgehead atoms. The van der Waals surface area contributed by atoms with E-state index in [0.29, 0.717) is 18.8 Å². The third-order valence-corrected chi connectivity index (χ3v) is 6.15. The van der Waals surface area contributed by atoms with Crippen LogP contribution in [0, 0.1) is 10.1 Å². The number of hydrogen-bond acceptors (Lipinski definition) is 6. The second-order valence-corrected chi connectivity index (χ2v) is 8.57. The first kappa shape index (κ1) is 23.1. The summed E-state index contributed by atoms with van der Waals surface area (Å²) in [7, 11) is 0. The van der Waals surface area contributed by atoms with Gasteiger partial charge >= 0.3 is 0 Å². The van der Waals surface area contributed by atoms with Gasteiger partial charge in [0.1, 0.15) is 10.8 Å². The first-order chi connectivity index (χ1) is 16.5. The Bertz CT molecular complexity index is 1280. The van der Waals surface area contributed by atoms with Gasteiger partial charge in [-0.25, -0.2) is 4.98 Å². The predicted octanol–water partition coefficient (Wildman–Crippen LogP) is 5.83. The fraction of sp³-hybridized carbons (Fsp3) is 0.154. The van der Waals surface area contributed by atoms with Gasteiger partial charge in [-0.1, -0.05) is 48.5 Å². The minimum Gasteiger partial charge on any atom is -0.492 e. The van der Waals surface area contributed by atoms with E-state index in [1.165, 1.54) is 18.2 Å². The standard InChI is InChI=1S/C26H23N3O4S/c1-18(20-8-5-9-21(16-20)26-27-13-15-34-26)28-25(30)23-17-22(29(31)32)10-11-24(23)33-14-12-19-6-3-2-4-7-19/h2-11,13,15-18H,12,14H2,1H3,(H,28,30). The molecule has 1 heterocycles. The summed E-state index contributed by atoms with van der Waals surface area (Å²) in [5.41, 5.74) is 2.93. The van der Waals surface area contributed by atoms with Crippen molar-refractivity contribution in [2.45, 2.75) is 19.4 Å². The Morgan fingerprint density at radius 2 is 1.94 bits per heavy atom. The van der Waals surface area contributed by atoms with Crippen molar-refractivity contribution in [3.05, 3.63) is 111 Å². The van der Waals surface area contributed by atoms with E-state index >= 15 is 0 Å². The fourth-order valence-corrected chi connectivity index (χ4v) is 4.16. The third-order valence-electron chi connectivity index (χ3n) is 5.32. The molecule has 4 aromatic rings. The first-order valence-corrected chi connectivity index (χ1v) is 11.6. The molecule has 0 saturated carbocycles. The molecule has 1 amide bonds. The molecule has 0 aliphatic heterocycles. The van der Waals surface area contributed by atoms with Crippen molar-refractivity contribution >= 4 is 22.9 Å². The zero-order valence-corrected chi connectivity index (χ0v) is 19.3. The zero-order chi connectivity index (χ0) is 23.9. The highest BCUT2D eigenvalue weighted by Crippen LogP contribution is 2.27. The molecule has 0 aliphatic rings. The SMILES string of the molecule is CC(NC(=O)c1cc([N+](=O)[O-])ccc1OCCc1ccccc1)c1cccc(-c2nccs2)c1. The lowest BCUT2D eigenvalue weighted by atomic mass is 10.0. The van der Waals surface area contributed by atoms with Crippen molar-refractivity contribution in [3.63, 3.8) is 0 Å². The predicted molar refractivity (Wildman–Crippen MR) is 132 cm³/mol. The van der Waals surface area contributed by atoms with E-state index in [4.69, 9.17) is 4.74 Å². The van der Waals surface area contributed by atoms with Crippen molar-refractivity contribution in [2.75, 3.05) is 6.61 Å². The summed E-state index contributed by atoms with van der Waals surface area (Å²) in [6, 6.07) is 21.4. The van der Waals surface area contributed by atoms with Gasteiger partial charge in [0.2, 0.25) is 0 Å². The number of benzene rings is 3. The highest BCUT2D eigenvalue weighted by molar-refractivity contribution is 7.13. The average Bonchev–Trinajstić information content (AvgIpc) is 3.40. The maximum atomic E-state index is 13.1. The summed E-state index contributed by atoms with van der Waals surface area (Å²) < 4.78 is 5.86. The van der Waals surface area contributed by atoms with Gasteiger partial charge in [-0.05, 0) is 30.2 Å². The van der Waals surface area contributed by atoms with Gasteiger partial charge in [-0.3, -0.25) is 14.9 Å². The molecule has 4 rings (SSSR count). The summed E-state index contributed by atoms with van der Waals surface area (Å²) >= 11 is 1.54. The number of rotatable bonds is 9. The molecular formula is C26H23N3O4S. The molecule has 34 heavy (non-hydrogen) atoms. The molecule has 0 aliphatic carbocycles. The number of nitrogens with zero attached hydrogens (tertiary/aromatic N) is 2. The van der Waals surface area contributed by atoms with Crippen molar-refractivity contribution in [1.29, 1.82) is 0 Å². The molecule has 172 valence electrons. The van der Waals surface area contributed by atoms with Crippen LogP contribution in [-0.4, -0.2) is 22.4 Å². The van der Waals surface area contributed by atoms with Crippen LogP contribution in [0.3, 0.4) is 0 Å². The lowest BCUT2D eigenvalue weighted by Crippen LogP contribution is -2.27. The number of nitro groups is 1. The van der Waals surface area contributed by atoms with Gasteiger partial charge < -0.3 is 10.1 Å². The lowest BCUT2D eigenvalue weighted by Gasteiger charge is -2.17. The Labute approximate surface area is 201 Å². The number of non-ortho nitro benzene ring substituents is 1. The van der Waals surface area contributed by atoms with E-state index in [0.717, 1.165) is 21.7 Å². The highest BCUT2D eigenvalue weighted by Gasteiger charge is 2.20. The molecule has 1 unspecified atom stereocenters. The Balaban J connectivity index is 1.51. The molecule has 0 radical (unpaired) electrons. The molecule has 1 aromatic heterocycles. The van der Waals surface area contributed by atoms with Crippen LogP contribution in [0.15, 0.2) is 84.4 Å². The Morgan fingerprint density at radius 1 is 1.12 bits per heavy atom. The van der Waals surface area contributed by atoms with E-state index in [1.54, 1.807) is 17.5 Å². The van der Waals surface area contributed by atoms with Gasteiger partial charge in [0.25, 0.3) is 11.6 Å². The van der Waals surface area contributed by atoms with E-state index in [2.05, 4.69) is 10.3 Å². The van der Waals surface area contributed by atoms with Crippen molar-refractivity contribution in [2.24, 2.45) is 0 Å². The van der Waals surface area contributed by atoms with Gasteiger partial charge in [0, 0.05) is 35.7 Å². The topological polar surface area (TPSA) is 94.4 Å². The van der Waals surface area contributed by atoms with E-state index in [9.17, 15) is 14.9 Å². The van der Waals surface area contributed by atoms with Crippen molar-refractivity contribution in [3.8, 4) is 16.3 Å². The molecule has 0 saturated heterocycles. The minimum atomic E-state index is -0.522. The van der Waals surface area contributed by atoms with Crippen molar-refractivity contribution < 1.29 is 14.5 Å². The molecule has 1 atom stereocenters. The number of hydrogen-bond donors (Lipinski definition) is 1. The molecule has 3 aromatic carbocycles. The maximum absolute atomic E-state index is 13.1. The molecule has 7 nitrogen and oxygen atoms in total. The number of thiazole rings is 1. The molecular weight excluding hydrogens is 450 g/mol. The van der Waals surface area contributed by atoms with Crippen LogP contribution in [0.1, 0.15) is 34.5 Å². The van der Waals surface area contributed by atoms with Crippen molar-refractivity contribution in [1.82, 2.24) is 10.3 Å². The van der Waals surface area contributed by atoms with Gasteiger partial charge in [0.15, 0.2) is 0 Å². The second kappa shape index (κ2) is 10.7.